The molecule has 2 aliphatic rings. The van der Waals surface area contributed by atoms with Crippen molar-refractivity contribution >= 4 is 5.52 Å². The maximum Gasteiger partial charge on any atom is 0.418 e. The van der Waals surface area contributed by atoms with E-state index in [1.165, 1.54) is 27.7 Å². The van der Waals surface area contributed by atoms with Gasteiger partial charge in [-0.1, -0.05) is 32.4 Å². The van der Waals surface area contributed by atoms with Crippen LogP contribution < -0.4 is 5.69 Å². The highest BCUT2D eigenvalue weighted by Gasteiger charge is 2.36. The molecule has 1 aliphatic carbocycles. The molecule has 0 bridgehead atoms. The molecule has 6 rings (SSSR count). The Hall–Kier alpha value is -3.33. The van der Waals surface area contributed by atoms with Gasteiger partial charge in [-0.3, -0.25) is 19.0 Å². The number of nitrogens with one attached hydrogen (secondary N) is 1. The zero-order valence-corrected chi connectivity index (χ0v) is 23.3. The lowest BCUT2D eigenvalue weighted by atomic mass is 9.71. The van der Waals surface area contributed by atoms with Gasteiger partial charge in [0, 0.05) is 37.1 Å². The standard InChI is InChI=1S/C31H36F3N5O/c1-20-15-35-36-28(20)27(22-7-4-8-22)23-9-5-10-24(14-23)38-18-26-25(31(32,33)34)13-21(17-39(26)29(38)40)16-37-12-6-11-30(2,3)19-37/h5,9-10,13-15,17-18,22,27H,4,6-8,11-12,16,19H2,1-3H3,(H,35,36)/t27-/m1/s1. The third-order valence-corrected chi connectivity index (χ3v) is 8.82. The van der Waals surface area contributed by atoms with Crippen LogP contribution in [0.2, 0.25) is 0 Å². The number of benzene rings is 1. The van der Waals surface area contributed by atoms with E-state index in [1.54, 1.807) is 12.3 Å². The maximum atomic E-state index is 14.3. The number of H-pyrrole nitrogens is 1. The van der Waals surface area contributed by atoms with Crippen LogP contribution in [-0.4, -0.2) is 37.2 Å². The van der Waals surface area contributed by atoms with Crippen molar-refractivity contribution in [1.29, 1.82) is 0 Å². The van der Waals surface area contributed by atoms with Gasteiger partial charge in [-0.05, 0) is 85.4 Å². The molecule has 1 aromatic carbocycles. The van der Waals surface area contributed by atoms with E-state index in [4.69, 9.17) is 0 Å². The van der Waals surface area contributed by atoms with Crippen molar-refractivity contribution in [3.63, 3.8) is 0 Å². The Morgan fingerprint density at radius 3 is 2.60 bits per heavy atom. The normalized spacial score (nSPS) is 19.1. The number of pyridine rings is 1. The van der Waals surface area contributed by atoms with Gasteiger partial charge in [0.2, 0.25) is 0 Å². The van der Waals surface area contributed by atoms with Crippen LogP contribution in [0.4, 0.5) is 13.2 Å². The molecule has 0 amide bonds. The topological polar surface area (TPSA) is 58.3 Å². The Bertz CT molecular complexity index is 1590. The third kappa shape index (κ3) is 5.00. The Kier molecular flexibility index (Phi) is 6.68. The second-order valence-corrected chi connectivity index (χ2v) is 12.5. The van der Waals surface area contributed by atoms with Gasteiger partial charge in [0.25, 0.3) is 0 Å². The number of aromatic nitrogens is 4. The molecule has 0 unspecified atom stereocenters. The Labute approximate surface area is 231 Å². The minimum Gasteiger partial charge on any atom is -0.298 e. The summed E-state index contributed by atoms with van der Waals surface area (Å²) in [6.45, 7) is 8.43. The first-order chi connectivity index (χ1) is 19.0. The van der Waals surface area contributed by atoms with Crippen molar-refractivity contribution in [2.45, 2.75) is 71.5 Å². The van der Waals surface area contributed by atoms with Crippen LogP contribution in [0.1, 0.15) is 79.8 Å². The van der Waals surface area contributed by atoms with Gasteiger partial charge >= 0.3 is 11.9 Å². The summed E-state index contributed by atoms with van der Waals surface area (Å²) in [6, 6.07) is 8.85. The number of piperidine rings is 1. The fourth-order valence-corrected chi connectivity index (χ4v) is 6.67. The summed E-state index contributed by atoms with van der Waals surface area (Å²) < 4.78 is 45.4. The molecule has 0 radical (unpaired) electrons. The van der Waals surface area contributed by atoms with Crippen LogP contribution >= 0.6 is 0 Å². The molecule has 0 spiro atoms. The number of alkyl halides is 3. The van der Waals surface area contributed by atoms with Gasteiger partial charge in [0.15, 0.2) is 0 Å². The van der Waals surface area contributed by atoms with Crippen molar-refractivity contribution in [2.75, 3.05) is 13.1 Å². The highest BCUT2D eigenvalue weighted by Crippen LogP contribution is 2.44. The second-order valence-electron chi connectivity index (χ2n) is 12.5. The van der Waals surface area contributed by atoms with Gasteiger partial charge < -0.3 is 0 Å². The average Bonchev–Trinajstić information content (AvgIpc) is 3.42. The number of imidazole rings is 1. The van der Waals surface area contributed by atoms with E-state index in [2.05, 4.69) is 28.9 Å². The second kappa shape index (κ2) is 9.94. The van der Waals surface area contributed by atoms with E-state index in [0.29, 0.717) is 23.7 Å². The van der Waals surface area contributed by atoms with E-state index in [0.717, 1.165) is 55.6 Å². The first kappa shape index (κ1) is 26.9. The quantitative estimate of drug-likeness (QED) is 0.290. The summed E-state index contributed by atoms with van der Waals surface area (Å²) in [5, 5.41) is 7.39. The first-order valence-electron chi connectivity index (χ1n) is 14.2. The zero-order chi connectivity index (χ0) is 28.2. The summed E-state index contributed by atoms with van der Waals surface area (Å²) in [5.74, 6) is 0.549. The molecule has 4 heterocycles. The third-order valence-electron chi connectivity index (χ3n) is 8.82. The lowest BCUT2D eigenvalue weighted by Crippen LogP contribution is -2.39. The molecule has 40 heavy (non-hydrogen) atoms. The predicted molar refractivity (Wildman–Crippen MR) is 149 cm³/mol. The van der Waals surface area contributed by atoms with Crippen LogP contribution in [0.15, 0.2) is 53.7 Å². The zero-order valence-electron chi connectivity index (χ0n) is 23.3. The van der Waals surface area contributed by atoms with E-state index < -0.39 is 17.4 Å². The molecule has 1 aliphatic heterocycles. The number of fused-ring (bicyclic) bond motifs is 1. The molecule has 1 atom stereocenters. The van der Waals surface area contributed by atoms with Crippen LogP contribution in [0.25, 0.3) is 11.2 Å². The Balaban J connectivity index is 1.42. The molecular weight excluding hydrogens is 515 g/mol. The largest absolute Gasteiger partial charge is 0.418 e. The molecule has 2 fully saturated rings. The lowest BCUT2D eigenvalue weighted by Gasteiger charge is -2.38. The highest BCUT2D eigenvalue weighted by atomic mass is 19.4. The first-order valence-corrected chi connectivity index (χ1v) is 14.2. The maximum absolute atomic E-state index is 14.3. The number of hydrogen-bond acceptors (Lipinski definition) is 3. The van der Waals surface area contributed by atoms with Crippen molar-refractivity contribution < 1.29 is 13.2 Å². The molecule has 212 valence electrons. The molecule has 1 N–H and O–H groups in total. The lowest BCUT2D eigenvalue weighted by molar-refractivity contribution is -0.136. The fraction of sp³-hybridized carbons (Fsp3) is 0.484. The van der Waals surface area contributed by atoms with Gasteiger partial charge in [-0.25, -0.2) is 4.79 Å². The number of halogens is 3. The molecule has 1 saturated carbocycles. The van der Waals surface area contributed by atoms with Gasteiger partial charge in [0.1, 0.15) is 0 Å². The smallest absolute Gasteiger partial charge is 0.298 e. The summed E-state index contributed by atoms with van der Waals surface area (Å²) in [7, 11) is 0. The molecule has 6 nitrogen and oxygen atoms in total. The van der Waals surface area contributed by atoms with Gasteiger partial charge in [-0.15, -0.1) is 0 Å². The van der Waals surface area contributed by atoms with Crippen LogP contribution in [0.5, 0.6) is 0 Å². The van der Waals surface area contributed by atoms with Crippen LogP contribution in [0, 0.1) is 18.3 Å². The fourth-order valence-electron chi connectivity index (χ4n) is 6.67. The summed E-state index contributed by atoms with van der Waals surface area (Å²) in [6.07, 6.45) is 5.64. The number of likely N-dealkylation sites (tertiary alicyclic amines) is 1. The van der Waals surface area contributed by atoms with Crippen molar-refractivity contribution in [3.8, 4) is 5.69 Å². The summed E-state index contributed by atoms with van der Waals surface area (Å²) >= 11 is 0. The molecule has 9 heteroatoms. The number of aryl methyl sites for hydroxylation is 1. The molecular formula is C31H36F3N5O. The van der Waals surface area contributed by atoms with Gasteiger partial charge in [0.05, 0.1) is 23.0 Å². The number of rotatable bonds is 6. The highest BCUT2D eigenvalue weighted by molar-refractivity contribution is 5.58. The SMILES string of the molecule is Cc1cn[nH]c1[C@@H](c1cccc(-n2cc3c(C(F)(F)F)cc(CN4CCCC(C)(C)C4)cn3c2=O)c1)C1CCC1. The Morgan fingerprint density at radius 2 is 1.95 bits per heavy atom. The minimum atomic E-state index is -4.59. The molecule has 3 aromatic heterocycles. The van der Waals surface area contributed by atoms with Crippen molar-refractivity contribution in [2.24, 2.45) is 11.3 Å². The van der Waals surface area contributed by atoms with E-state index in [-0.39, 0.29) is 16.8 Å². The molecule has 4 aromatic rings. The van der Waals surface area contributed by atoms with E-state index in [1.807, 2.05) is 31.3 Å². The number of nitrogens with zero attached hydrogens (tertiary/aromatic N) is 4. The van der Waals surface area contributed by atoms with Crippen molar-refractivity contribution in [3.05, 3.63) is 87.4 Å². The monoisotopic (exact) mass is 551 g/mol. The van der Waals surface area contributed by atoms with E-state index >= 15 is 0 Å². The average molecular weight is 552 g/mol. The summed E-state index contributed by atoms with van der Waals surface area (Å²) in [5.41, 5.74) is 2.91. The van der Waals surface area contributed by atoms with Crippen LogP contribution in [0.3, 0.4) is 0 Å². The Morgan fingerprint density at radius 1 is 1.15 bits per heavy atom. The minimum absolute atomic E-state index is 0.0927. The molecule has 1 saturated heterocycles. The van der Waals surface area contributed by atoms with Crippen molar-refractivity contribution in [1.82, 2.24) is 24.1 Å². The van der Waals surface area contributed by atoms with E-state index in [9.17, 15) is 18.0 Å². The van der Waals surface area contributed by atoms with Gasteiger partial charge in [-0.2, -0.15) is 18.3 Å². The van der Waals surface area contributed by atoms with Crippen LogP contribution in [-0.2, 0) is 12.7 Å². The number of hydrogen-bond donors (Lipinski definition) is 1. The number of aromatic amines is 1. The predicted octanol–water partition coefficient (Wildman–Crippen LogP) is 6.69. The summed E-state index contributed by atoms with van der Waals surface area (Å²) in [4.78, 5) is 15.8.